The third-order valence-corrected chi connectivity index (χ3v) is 3.27. The van der Waals surface area contributed by atoms with Crippen LogP contribution in [0.5, 0.6) is 0 Å². The molecule has 4 nitrogen and oxygen atoms in total. The summed E-state index contributed by atoms with van der Waals surface area (Å²) < 4.78 is 5.23. The van der Waals surface area contributed by atoms with E-state index in [1.165, 1.54) is 25.7 Å². The molecular weight excluding hydrogens is 202 g/mol. The van der Waals surface area contributed by atoms with Crippen LogP contribution >= 0.6 is 0 Å². The second-order valence-electron chi connectivity index (χ2n) is 4.44. The summed E-state index contributed by atoms with van der Waals surface area (Å²) in [5.41, 5.74) is 6.90. The van der Waals surface area contributed by atoms with Crippen molar-refractivity contribution < 1.29 is 4.74 Å². The van der Waals surface area contributed by atoms with E-state index in [2.05, 4.69) is 9.97 Å². The normalized spacial score (nSPS) is 18.9. The van der Waals surface area contributed by atoms with Crippen molar-refractivity contribution in [1.82, 2.24) is 9.97 Å². The van der Waals surface area contributed by atoms with E-state index in [0.29, 0.717) is 17.6 Å². The van der Waals surface area contributed by atoms with Crippen LogP contribution in [0.3, 0.4) is 0 Å². The van der Waals surface area contributed by atoms with Crippen molar-refractivity contribution in [1.29, 1.82) is 0 Å². The predicted octanol–water partition coefficient (Wildman–Crippen LogP) is 2.42. The molecule has 0 bridgehead atoms. The molecule has 0 saturated heterocycles. The highest BCUT2D eigenvalue weighted by Crippen LogP contribution is 2.33. The first-order valence-corrected chi connectivity index (χ1v) is 5.88. The van der Waals surface area contributed by atoms with Gasteiger partial charge in [0.1, 0.15) is 11.9 Å². The van der Waals surface area contributed by atoms with Crippen molar-refractivity contribution >= 4 is 5.82 Å². The number of ether oxygens (including phenoxy) is 1. The number of methoxy groups -OCH3 is 1. The lowest BCUT2D eigenvalue weighted by atomic mass is 10.0. The van der Waals surface area contributed by atoms with Gasteiger partial charge in [-0.25, -0.2) is 9.97 Å². The maximum absolute atomic E-state index is 5.81. The molecule has 16 heavy (non-hydrogen) atoms. The Morgan fingerprint density at radius 2 is 2.06 bits per heavy atom. The lowest BCUT2D eigenvalue weighted by Crippen LogP contribution is -2.09. The molecule has 1 aromatic rings. The smallest absolute Gasteiger partial charge is 0.159 e. The van der Waals surface area contributed by atoms with Gasteiger partial charge in [-0.15, -0.1) is 0 Å². The zero-order chi connectivity index (χ0) is 11.5. The summed E-state index contributed by atoms with van der Waals surface area (Å²) in [6.07, 6.45) is 4.94. The third kappa shape index (κ3) is 2.32. The summed E-state index contributed by atoms with van der Waals surface area (Å²) in [5.74, 6) is 1.81. The molecule has 1 atom stereocenters. The molecule has 0 radical (unpaired) electrons. The minimum Gasteiger partial charge on any atom is -0.384 e. The van der Waals surface area contributed by atoms with Crippen LogP contribution in [0.4, 0.5) is 5.82 Å². The van der Waals surface area contributed by atoms with Crippen LogP contribution in [0.2, 0.25) is 0 Å². The molecule has 1 aliphatic carbocycles. The van der Waals surface area contributed by atoms with Crippen molar-refractivity contribution in [3.63, 3.8) is 0 Å². The Labute approximate surface area is 96.2 Å². The maximum atomic E-state index is 5.81. The van der Waals surface area contributed by atoms with Crippen molar-refractivity contribution in [2.45, 2.75) is 44.6 Å². The SMILES string of the molecule is CO[C@H](C)c1nc(N)cc(C2CCCC2)n1. The van der Waals surface area contributed by atoms with Crippen LogP contribution in [0.1, 0.15) is 56.1 Å². The Morgan fingerprint density at radius 1 is 1.38 bits per heavy atom. The Hall–Kier alpha value is -1.16. The quantitative estimate of drug-likeness (QED) is 0.851. The molecule has 0 spiro atoms. The lowest BCUT2D eigenvalue weighted by Gasteiger charge is -2.13. The predicted molar refractivity (Wildman–Crippen MR) is 63.1 cm³/mol. The van der Waals surface area contributed by atoms with Gasteiger partial charge in [0.25, 0.3) is 0 Å². The summed E-state index contributed by atoms with van der Waals surface area (Å²) in [6.45, 7) is 1.94. The van der Waals surface area contributed by atoms with Gasteiger partial charge < -0.3 is 10.5 Å². The first-order valence-electron chi connectivity index (χ1n) is 5.88. The van der Waals surface area contributed by atoms with Gasteiger partial charge >= 0.3 is 0 Å². The van der Waals surface area contributed by atoms with Crippen LogP contribution < -0.4 is 5.73 Å². The van der Waals surface area contributed by atoms with Gasteiger partial charge in [-0.2, -0.15) is 0 Å². The van der Waals surface area contributed by atoms with Crippen molar-refractivity contribution in [2.75, 3.05) is 12.8 Å². The monoisotopic (exact) mass is 221 g/mol. The van der Waals surface area contributed by atoms with Gasteiger partial charge in [0.15, 0.2) is 5.82 Å². The number of rotatable bonds is 3. The van der Waals surface area contributed by atoms with Crippen LogP contribution in [0.25, 0.3) is 0 Å². The molecule has 1 aliphatic rings. The summed E-state index contributed by atoms with van der Waals surface area (Å²) in [7, 11) is 1.66. The molecule has 1 aromatic heterocycles. The number of nitrogens with two attached hydrogens (primary N) is 1. The number of aromatic nitrogens is 2. The zero-order valence-electron chi connectivity index (χ0n) is 9.94. The second-order valence-corrected chi connectivity index (χ2v) is 4.44. The first-order chi connectivity index (χ1) is 7.70. The number of anilines is 1. The Bertz CT molecular complexity index is 361. The topological polar surface area (TPSA) is 61.0 Å². The van der Waals surface area contributed by atoms with Gasteiger partial charge in [0, 0.05) is 24.8 Å². The van der Waals surface area contributed by atoms with E-state index < -0.39 is 0 Å². The third-order valence-electron chi connectivity index (χ3n) is 3.27. The fraction of sp³-hybridized carbons (Fsp3) is 0.667. The van der Waals surface area contributed by atoms with E-state index >= 15 is 0 Å². The fourth-order valence-electron chi connectivity index (χ4n) is 2.22. The summed E-state index contributed by atoms with van der Waals surface area (Å²) >= 11 is 0. The largest absolute Gasteiger partial charge is 0.384 e. The molecule has 1 heterocycles. The molecular formula is C12H19N3O. The molecule has 0 unspecified atom stereocenters. The Balaban J connectivity index is 2.27. The maximum Gasteiger partial charge on any atom is 0.159 e. The van der Waals surface area contributed by atoms with Gasteiger partial charge in [-0.05, 0) is 19.8 Å². The van der Waals surface area contributed by atoms with Gasteiger partial charge in [-0.1, -0.05) is 12.8 Å². The van der Waals surface area contributed by atoms with Crippen molar-refractivity contribution in [2.24, 2.45) is 0 Å². The van der Waals surface area contributed by atoms with E-state index in [4.69, 9.17) is 10.5 Å². The van der Waals surface area contributed by atoms with E-state index in [1.54, 1.807) is 7.11 Å². The van der Waals surface area contributed by atoms with Crippen LogP contribution in [-0.2, 0) is 4.74 Å². The fourth-order valence-corrected chi connectivity index (χ4v) is 2.22. The highest BCUT2D eigenvalue weighted by molar-refractivity contribution is 5.32. The molecule has 1 saturated carbocycles. The second kappa shape index (κ2) is 4.78. The summed E-state index contributed by atoms with van der Waals surface area (Å²) in [5, 5.41) is 0. The van der Waals surface area contributed by atoms with E-state index in [0.717, 1.165) is 5.69 Å². The zero-order valence-corrected chi connectivity index (χ0v) is 9.94. The van der Waals surface area contributed by atoms with Crippen LogP contribution in [0.15, 0.2) is 6.07 Å². The summed E-state index contributed by atoms with van der Waals surface area (Å²) in [6, 6.07) is 1.90. The van der Waals surface area contributed by atoms with Gasteiger partial charge in [0.2, 0.25) is 0 Å². The Kier molecular flexibility index (Phi) is 3.39. The molecule has 0 aromatic carbocycles. The average Bonchev–Trinajstić information content (AvgIpc) is 2.80. The minimum atomic E-state index is -0.0938. The standard InChI is InChI=1S/C12H19N3O/c1-8(16-2)12-14-10(7-11(13)15-12)9-5-3-4-6-9/h7-9H,3-6H2,1-2H3,(H2,13,14,15)/t8-/m1/s1. The highest BCUT2D eigenvalue weighted by Gasteiger charge is 2.20. The first kappa shape index (κ1) is 11.3. The van der Waals surface area contributed by atoms with Crippen molar-refractivity contribution in [3.8, 4) is 0 Å². The highest BCUT2D eigenvalue weighted by atomic mass is 16.5. The van der Waals surface area contributed by atoms with Crippen LogP contribution in [-0.4, -0.2) is 17.1 Å². The van der Waals surface area contributed by atoms with Gasteiger partial charge in [-0.3, -0.25) is 0 Å². The number of nitrogens with zero attached hydrogens (tertiary/aromatic N) is 2. The Morgan fingerprint density at radius 3 is 2.69 bits per heavy atom. The molecule has 4 heteroatoms. The molecule has 0 amide bonds. The molecule has 0 aliphatic heterocycles. The number of nitrogen functional groups attached to an aromatic ring is 1. The molecule has 2 rings (SSSR count). The molecule has 1 fully saturated rings. The van der Waals surface area contributed by atoms with E-state index in [9.17, 15) is 0 Å². The van der Waals surface area contributed by atoms with Crippen LogP contribution in [0, 0.1) is 0 Å². The average molecular weight is 221 g/mol. The minimum absolute atomic E-state index is 0.0938. The number of hydrogen-bond acceptors (Lipinski definition) is 4. The molecule has 2 N–H and O–H groups in total. The van der Waals surface area contributed by atoms with Gasteiger partial charge in [0.05, 0.1) is 0 Å². The van der Waals surface area contributed by atoms with E-state index in [1.807, 2.05) is 13.0 Å². The van der Waals surface area contributed by atoms with Crippen molar-refractivity contribution in [3.05, 3.63) is 17.6 Å². The summed E-state index contributed by atoms with van der Waals surface area (Å²) in [4.78, 5) is 8.79. The number of hydrogen-bond donors (Lipinski definition) is 1. The lowest BCUT2D eigenvalue weighted by molar-refractivity contribution is 0.112. The molecule has 88 valence electrons. The van der Waals surface area contributed by atoms with E-state index in [-0.39, 0.29) is 6.10 Å².